The molecule has 0 spiro atoms. The van der Waals surface area contributed by atoms with Crippen LogP contribution in [0.5, 0.6) is 0 Å². The first-order valence-corrected chi connectivity index (χ1v) is 14.2. The highest BCUT2D eigenvalue weighted by Gasteiger charge is 2.45. The molecule has 1 aromatic rings. The fraction of sp³-hybridized carbons (Fsp3) is 0.690. The number of rotatable bonds is 4. The molecule has 0 radical (unpaired) electrons. The van der Waals surface area contributed by atoms with Gasteiger partial charge in [0.2, 0.25) is 17.7 Å². The normalized spacial score (nSPS) is 32.5. The molecular weight excluding hydrogens is 468 g/mol. The zero-order valence-electron chi connectivity index (χ0n) is 22.1. The second-order valence-electron chi connectivity index (χ2n) is 11.5. The highest BCUT2D eigenvalue weighted by molar-refractivity contribution is 5.92. The summed E-state index contributed by atoms with van der Waals surface area (Å²) >= 11 is 0. The number of hydrogen-bond donors (Lipinski definition) is 2. The molecule has 5 rings (SSSR count). The summed E-state index contributed by atoms with van der Waals surface area (Å²) in [7, 11) is 0. The highest BCUT2D eigenvalue weighted by Crippen LogP contribution is 2.37. The van der Waals surface area contributed by atoms with Crippen LogP contribution < -0.4 is 10.6 Å². The van der Waals surface area contributed by atoms with E-state index in [1.165, 1.54) is 0 Å². The summed E-state index contributed by atoms with van der Waals surface area (Å²) in [6.07, 6.45) is 6.42. The predicted molar refractivity (Wildman–Crippen MR) is 141 cm³/mol. The van der Waals surface area contributed by atoms with Gasteiger partial charge >= 0.3 is 0 Å². The van der Waals surface area contributed by atoms with E-state index < -0.39 is 12.1 Å². The average molecular weight is 511 g/mol. The monoisotopic (exact) mass is 510 g/mol. The van der Waals surface area contributed by atoms with Crippen LogP contribution in [0.15, 0.2) is 30.3 Å². The fourth-order valence-electron chi connectivity index (χ4n) is 6.94. The maximum atomic E-state index is 13.7. The summed E-state index contributed by atoms with van der Waals surface area (Å²) in [6.45, 7) is 6.24. The van der Waals surface area contributed by atoms with Gasteiger partial charge in [0.1, 0.15) is 12.1 Å². The lowest BCUT2D eigenvalue weighted by Crippen LogP contribution is -2.63. The van der Waals surface area contributed by atoms with Gasteiger partial charge < -0.3 is 20.3 Å². The van der Waals surface area contributed by atoms with Gasteiger partial charge in [0.15, 0.2) is 0 Å². The second kappa shape index (κ2) is 11.9. The van der Waals surface area contributed by atoms with Crippen molar-refractivity contribution in [2.75, 3.05) is 32.8 Å². The summed E-state index contributed by atoms with van der Waals surface area (Å²) in [5.74, 6) is 0.526. The number of nitrogens with zero attached hydrogens (tertiary/aromatic N) is 2. The maximum Gasteiger partial charge on any atom is 0.245 e. The molecule has 8 nitrogen and oxygen atoms in total. The van der Waals surface area contributed by atoms with Gasteiger partial charge in [-0.05, 0) is 69.3 Å². The topological polar surface area (TPSA) is 91.0 Å². The van der Waals surface area contributed by atoms with Crippen LogP contribution in [0, 0.1) is 11.8 Å². The van der Waals surface area contributed by atoms with Gasteiger partial charge in [-0.25, -0.2) is 0 Å². The standard InChI is InChI=1S/C29H42N4O4/c1-20-29(36)33-18-22-16-23(19-32(17-22)24-12-14-37-15-13-24)26(33)8-5-9-27(34)31-25(28(35)30-20)11-10-21-6-3-2-4-7-21/h2-4,6-7,20,22-26H,5,8-19H2,1H3,(H,30,35)(H,31,34)/t20-,22+,23-,25+,26+/m1/s1. The Labute approximate surface area is 220 Å². The Morgan fingerprint density at radius 1 is 0.973 bits per heavy atom. The Bertz CT molecular complexity index is 950. The molecule has 8 heteroatoms. The molecule has 0 aliphatic carbocycles. The Balaban J connectivity index is 1.28. The van der Waals surface area contributed by atoms with Crippen LogP contribution in [0.2, 0.25) is 0 Å². The van der Waals surface area contributed by atoms with E-state index in [2.05, 4.69) is 20.4 Å². The lowest BCUT2D eigenvalue weighted by molar-refractivity contribution is -0.146. The molecule has 4 aliphatic rings. The van der Waals surface area contributed by atoms with Gasteiger partial charge in [-0.15, -0.1) is 0 Å². The highest BCUT2D eigenvalue weighted by atomic mass is 16.5. The molecule has 2 bridgehead atoms. The molecule has 202 valence electrons. The van der Waals surface area contributed by atoms with Crippen molar-refractivity contribution in [3.63, 3.8) is 0 Å². The van der Waals surface area contributed by atoms with Crippen LogP contribution in [-0.4, -0.2) is 84.5 Å². The molecule has 0 unspecified atom stereocenters. The van der Waals surface area contributed by atoms with Crippen molar-refractivity contribution in [2.24, 2.45) is 11.8 Å². The van der Waals surface area contributed by atoms with Gasteiger partial charge in [0.05, 0.1) is 0 Å². The summed E-state index contributed by atoms with van der Waals surface area (Å²) in [6, 6.07) is 9.40. The SMILES string of the molecule is C[C@H]1NC(=O)[C@H](CCc2ccccc2)NC(=O)CCC[C@H]2[C@@H]3C[C@@H](CN(C4CCOCC4)C3)CN2C1=O. The van der Waals surface area contributed by atoms with E-state index in [1.807, 2.05) is 30.3 Å². The van der Waals surface area contributed by atoms with E-state index in [0.717, 1.165) is 70.5 Å². The van der Waals surface area contributed by atoms with Crippen molar-refractivity contribution >= 4 is 17.7 Å². The number of carbonyl (C=O) groups is 3. The van der Waals surface area contributed by atoms with Crippen molar-refractivity contribution in [3.8, 4) is 0 Å². The van der Waals surface area contributed by atoms with Crippen molar-refractivity contribution in [2.45, 2.75) is 82.5 Å². The molecular formula is C29H42N4O4. The van der Waals surface area contributed by atoms with Crippen LogP contribution in [0.25, 0.3) is 0 Å². The van der Waals surface area contributed by atoms with Gasteiger partial charge in [-0.1, -0.05) is 30.3 Å². The molecule has 0 aromatic heterocycles. The van der Waals surface area contributed by atoms with E-state index in [9.17, 15) is 14.4 Å². The van der Waals surface area contributed by atoms with Crippen LogP contribution in [-0.2, 0) is 25.5 Å². The zero-order valence-corrected chi connectivity index (χ0v) is 22.1. The number of fused-ring (bicyclic) bond motifs is 4. The fourth-order valence-corrected chi connectivity index (χ4v) is 6.94. The smallest absolute Gasteiger partial charge is 0.245 e. The average Bonchev–Trinajstić information content (AvgIpc) is 2.92. The molecule has 1 aromatic carbocycles. The Kier molecular flexibility index (Phi) is 8.45. The molecule has 0 saturated carbocycles. The first-order chi connectivity index (χ1) is 18.0. The first-order valence-electron chi connectivity index (χ1n) is 14.2. The third-order valence-corrected chi connectivity index (χ3v) is 8.84. The second-order valence-corrected chi connectivity index (χ2v) is 11.5. The third-order valence-electron chi connectivity index (χ3n) is 8.84. The van der Waals surface area contributed by atoms with Crippen LogP contribution >= 0.6 is 0 Å². The summed E-state index contributed by atoms with van der Waals surface area (Å²) in [5.41, 5.74) is 1.12. The van der Waals surface area contributed by atoms with Crippen molar-refractivity contribution in [1.82, 2.24) is 20.4 Å². The van der Waals surface area contributed by atoms with Crippen LogP contribution in [0.1, 0.15) is 57.4 Å². The van der Waals surface area contributed by atoms with Crippen molar-refractivity contribution in [3.05, 3.63) is 35.9 Å². The summed E-state index contributed by atoms with van der Waals surface area (Å²) < 4.78 is 5.59. The van der Waals surface area contributed by atoms with Crippen molar-refractivity contribution in [1.29, 1.82) is 0 Å². The van der Waals surface area contributed by atoms with Gasteiger partial charge in [0, 0.05) is 51.4 Å². The third kappa shape index (κ3) is 6.34. The van der Waals surface area contributed by atoms with Gasteiger partial charge in [-0.2, -0.15) is 0 Å². The quantitative estimate of drug-likeness (QED) is 0.648. The van der Waals surface area contributed by atoms with E-state index in [0.29, 0.717) is 37.1 Å². The number of carbonyl (C=O) groups excluding carboxylic acids is 3. The zero-order chi connectivity index (χ0) is 25.8. The Hall–Kier alpha value is -2.45. The van der Waals surface area contributed by atoms with Gasteiger partial charge in [-0.3, -0.25) is 19.3 Å². The largest absolute Gasteiger partial charge is 0.381 e. The number of hydrogen-bond acceptors (Lipinski definition) is 5. The molecule has 3 amide bonds. The predicted octanol–water partition coefficient (Wildman–Crippen LogP) is 2.12. The van der Waals surface area contributed by atoms with E-state index in [1.54, 1.807) is 6.92 Å². The Morgan fingerprint density at radius 2 is 1.76 bits per heavy atom. The minimum absolute atomic E-state index is 0.0151. The summed E-state index contributed by atoms with van der Waals surface area (Å²) in [4.78, 5) is 44.5. The molecule has 37 heavy (non-hydrogen) atoms. The molecule has 4 heterocycles. The minimum atomic E-state index is -0.646. The minimum Gasteiger partial charge on any atom is -0.381 e. The molecule has 4 aliphatic heterocycles. The lowest BCUT2D eigenvalue weighted by atomic mass is 9.76. The van der Waals surface area contributed by atoms with Crippen molar-refractivity contribution < 1.29 is 19.1 Å². The summed E-state index contributed by atoms with van der Waals surface area (Å²) in [5, 5.41) is 5.90. The number of aryl methyl sites for hydroxylation is 1. The van der Waals surface area contributed by atoms with Crippen LogP contribution in [0.4, 0.5) is 0 Å². The van der Waals surface area contributed by atoms with Gasteiger partial charge in [0.25, 0.3) is 0 Å². The molecule has 4 fully saturated rings. The number of nitrogens with one attached hydrogen (secondary N) is 2. The molecule has 5 atom stereocenters. The van der Waals surface area contributed by atoms with E-state index >= 15 is 0 Å². The first kappa shape index (κ1) is 26.2. The van der Waals surface area contributed by atoms with E-state index in [4.69, 9.17) is 4.74 Å². The molecule has 4 saturated heterocycles. The number of amides is 3. The number of benzene rings is 1. The number of piperidine rings is 2. The molecule has 2 N–H and O–H groups in total. The number of likely N-dealkylation sites (tertiary alicyclic amines) is 1. The van der Waals surface area contributed by atoms with E-state index in [-0.39, 0.29) is 23.8 Å². The maximum absolute atomic E-state index is 13.7. The lowest BCUT2D eigenvalue weighted by Gasteiger charge is -2.53. The van der Waals surface area contributed by atoms with Crippen LogP contribution in [0.3, 0.4) is 0 Å². The number of ether oxygens (including phenoxy) is 1. The Morgan fingerprint density at radius 3 is 2.54 bits per heavy atom.